The summed E-state index contributed by atoms with van der Waals surface area (Å²) in [7, 11) is 1.88. The van der Waals surface area contributed by atoms with Gasteiger partial charge in [-0.15, -0.1) is 0 Å². The molecule has 4 nitrogen and oxygen atoms in total. The van der Waals surface area contributed by atoms with E-state index in [4.69, 9.17) is 0 Å². The fourth-order valence-corrected chi connectivity index (χ4v) is 1.96. The molecule has 2 aliphatic rings. The van der Waals surface area contributed by atoms with Crippen LogP contribution in [0.3, 0.4) is 0 Å². The maximum Gasteiger partial charge on any atom is 0.228 e. The van der Waals surface area contributed by atoms with Crippen LogP contribution in [0.5, 0.6) is 0 Å². The van der Waals surface area contributed by atoms with E-state index in [0.29, 0.717) is 6.04 Å². The van der Waals surface area contributed by atoms with Gasteiger partial charge in [0.1, 0.15) is 0 Å². The normalized spacial score (nSPS) is 36.4. The molecular formula is C8H15N3O. The molecule has 1 amide bonds. The van der Waals surface area contributed by atoms with E-state index >= 15 is 0 Å². The third-order valence-electron chi connectivity index (χ3n) is 2.76. The summed E-state index contributed by atoms with van der Waals surface area (Å²) < 4.78 is 0. The highest BCUT2D eigenvalue weighted by atomic mass is 16.2. The van der Waals surface area contributed by atoms with Gasteiger partial charge in [-0.3, -0.25) is 4.79 Å². The molecule has 2 atom stereocenters. The number of nitrogens with one attached hydrogen (secondary N) is 2. The van der Waals surface area contributed by atoms with E-state index < -0.39 is 0 Å². The molecule has 4 heteroatoms. The Balaban J connectivity index is 2.13. The second-order valence-electron chi connectivity index (χ2n) is 3.59. The average Bonchev–Trinajstić information content (AvgIpc) is 2.46. The Morgan fingerprint density at radius 1 is 1.50 bits per heavy atom. The van der Waals surface area contributed by atoms with Gasteiger partial charge in [-0.2, -0.15) is 0 Å². The maximum atomic E-state index is 11.7. The van der Waals surface area contributed by atoms with Crippen molar-refractivity contribution in [3.8, 4) is 0 Å². The van der Waals surface area contributed by atoms with Gasteiger partial charge in [0.2, 0.25) is 5.91 Å². The van der Waals surface area contributed by atoms with Gasteiger partial charge < -0.3 is 15.5 Å². The lowest BCUT2D eigenvalue weighted by atomic mass is 10.0. The molecule has 68 valence electrons. The summed E-state index contributed by atoms with van der Waals surface area (Å²) in [5, 5.41) is 6.61. The fraction of sp³-hybridized carbons (Fsp3) is 0.875. The van der Waals surface area contributed by atoms with Crippen molar-refractivity contribution in [2.45, 2.75) is 6.04 Å². The molecular weight excluding hydrogens is 154 g/mol. The smallest absolute Gasteiger partial charge is 0.228 e. The van der Waals surface area contributed by atoms with Crippen LogP contribution >= 0.6 is 0 Å². The van der Waals surface area contributed by atoms with Gasteiger partial charge in [0.05, 0.1) is 5.92 Å². The zero-order valence-electron chi connectivity index (χ0n) is 7.34. The number of likely N-dealkylation sites (N-methyl/N-ethyl adjacent to an activating group) is 1. The van der Waals surface area contributed by atoms with Gasteiger partial charge in [-0.25, -0.2) is 0 Å². The Morgan fingerprint density at radius 3 is 3.17 bits per heavy atom. The van der Waals surface area contributed by atoms with Crippen LogP contribution in [0.15, 0.2) is 0 Å². The van der Waals surface area contributed by atoms with Crippen molar-refractivity contribution in [1.82, 2.24) is 15.5 Å². The van der Waals surface area contributed by atoms with Crippen LogP contribution in [-0.2, 0) is 4.79 Å². The zero-order valence-corrected chi connectivity index (χ0v) is 7.34. The third kappa shape index (κ3) is 1.21. The number of hydrogen-bond acceptors (Lipinski definition) is 3. The van der Waals surface area contributed by atoms with Crippen molar-refractivity contribution in [2.24, 2.45) is 5.92 Å². The number of rotatable bonds is 0. The number of fused-ring (bicyclic) bond motifs is 1. The van der Waals surface area contributed by atoms with Crippen LogP contribution in [0.1, 0.15) is 0 Å². The molecule has 0 radical (unpaired) electrons. The van der Waals surface area contributed by atoms with Crippen molar-refractivity contribution in [2.75, 3.05) is 33.2 Å². The summed E-state index contributed by atoms with van der Waals surface area (Å²) in [6, 6.07) is 0.363. The van der Waals surface area contributed by atoms with E-state index in [9.17, 15) is 4.79 Å². The lowest BCUT2D eigenvalue weighted by Crippen LogP contribution is -2.38. The molecule has 0 bridgehead atoms. The van der Waals surface area contributed by atoms with Crippen molar-refractivity contribution in [3.63, 3.8) is 0 Å². The highest BCUT2D eigenvalue weighted by Crippen LogP contribution is 2.14. The molecule has 0 aromatic carbocycles. The number of carbonyl (C=O) groups is 1. The first-order valence-corrected chi connectivity index (χ1v) is 4.48. The average molecular weight is 169 g/mol. The molecule has 2 heterocycles. The Bertz CT molecular complexity index is 195. The van der Waals surface area contributed by atoms with Crippen LogP contribution < -0.4 is 10.6 Å². The van der Waals surface area contributed by atoms with Gasteiger partial charge in [-0.05, 0) is 0 Å². The molecule has 0 aromatic rings. The van der Waals surface area contributed by atoms with Gasteiger partial charge in [0.25, 0.3) is 0 Å². The highest BCUT2D eigenvalue weighted by Gasteiger charge is 2.35. The second-order valence-corrected chi connectivity index (χ2v) is 3.59. The van der Waals surface area contributed by atoms with Crippen molar-refractivity contribution < 1.29 is 4.79 Å². The van der Waals surface area contributed by atoms with Crippen LogP contribution in [0.4, 0.5) is 0 Å². The highest BCUT2D eigenvalue weighted by molar-refractivity contribution is 5.80. The predicted molar refractivity (Wildman–Crippen MR) is 45.8 cm³/mol. The van der Waals surface area contributed by atoms with E-state index in [1.807, 2.05) is 11.9 Å². The van der Waals surface area contributed by atoms with Crippen molar-refractivity contribution >= 4 is 5.91 Å². The van der Waals surface area contributed by atoms with E-state index in [-0.39, 0.29) is 11.8 Å². The quantitative estimate of drug-likeness (QED) is 0.470. The summed E-state index contributed by atoms with van der Waals surface area (Å²) in [5.41, 5.74) is 0. The largest absolute Gasteiger partial charge is 0.344 e. The number of nitrogens with zero attached hydrogens (tertiary/aromatic N) is 1. The Labute approximate surface area is 72.3 Å². The van der Waals surface area contributed by atoms with Crippen LogP contribution in [0, 0.1) is 5.92 Å². The van der Waals surface area contributed by atoms with Gasteiger partial charge in [0, 0.05) is 39.3 Å². The minimum Gasteiger partial charge on any atom is -0.344 e. The van der Waals surface area contributed by atoms with Gasteiger partial charge in [0.15, 0.2) is 0 Å². The third-order valence-corrected chi connectivity index (χ3v) is 2.76. The monoisotopic (exact) mass is 169 g/mol. The maximum absolute atomic E-state index is 11.7. The first kappa shape index (κ1) is 8.01. The molecule has 0 aliphatic carbocycles. The van der Waals surface area contributed by atoms with Crippen LogP contribution in [0.25, 0.3) is 0 Å². The number of hydrogen-bond donors (Lipinski definition) is 2. The number of amides is 1. The lowest BCUT2D eigenvalue weighted by molar-refractivity contribution is -0.133. The first-order chi connectivity index (χ1) is 5.79. The molecule has 2 aliphatic heterocycles. The summed E-state index contributed by atoms with van der Waals surface area (Å²) in [4.78, 5) is 13.5. The standard InChI is InChI=1S/C8H15N3O/c1-11-3-2-10-7-5-9-4-6(7)8(11)12/h6-7,9-10H,2-5H2,1H3. The molecule has 2 rings (SSSR count). The molecule has 2 fully saturated rings. The van der Waals surface area contributed by atoms with Crippen LogP contribution in [-0.4, -0.2) is 50.1 Å². The van der Waals surface area contributed by atoms with Gasteiger partial charge >= 0.3 is 0 Å². The lowest BCUT2D eigenvalue weighted by Gasteiger charge is -2.17. The first-order valence-electron chi connectivity index (χ1n) is 4.48. The summed E-state index contributed by atoms with van der Waals surface area (Å²) in [5.74, 6) is 0.451. The molecule has 12 heavy (non-hydrogen) atoms. The van der Waals surface area contributed by atoms with Crippen LogP contribution in [0.2, 0.25) is 0 Å². The molecule has 0 saturated carbocycles. The molecule has 2 N–H and O–H groups in total. The minimum absolute atomic E-state index is 0.164. The number of carbonyl (C=O) groups excluding carboxylic acids is 1. The van der Waals surface area contributed by atoms with E-state index in [1.165, 1.54) is 0 Å². The zero-order chi connectivity index (χ0) is 8.55. The van der Waals surface area contributed by atoms with E-state index in [2.05, 4.69) is 10.6 Å². The van der Waals surface area contributed by atoms with E-state index in [1.54, 1.807) is 0 Å². The molecule has 0 aromatic heterocycles. The fourth-order valence-electron chi connectivity index (χ4n) is 1.96. The topological polar surface area (TPSA) is 44.4 Å². The van der Waals surface area contributed by atoms with Crippen molar-refractivity contribution in [3.05, 3.63) is 0 Å². The Kier molecular flexibility index (Phi) is 2.02. The van der Waals surface area contributed by atoms with E-state index in [0.717, 1.165) is 26.2 Å². The SMILES string of the molecule is CN1CCNC2CNCC2C1=O. The van der Waals surface area contributed by atoms with Gasteiger partial charge in [-0.1, -0.05) is 0 Å². The minimum atomic E-state index is 0.164. The summed E-state index contributed by atoms with van der Waals surface area (Å²) in [6.07, 6.45) is 0. The summed E-state index contributed by atoms with van der Waals surface area (Å²) >= 11 is 0. The Morgan fingerprint density at radius 2 is 2.33 bits per heavy atom. The predicted octanol–water partition coefficient (Wildman–Crippen LogP) is -1.36. The molecule has 2 saturated heterocycles. The Hall–Kier alpha value is -0.610. The van der Waals surface area contributed by atoms with Crippen molar-refractivity contribution in [1.29, 1.82) is 0 Å². The molecule has 2 unspecified atom stereocenters. The second kappa shape index (κ2) is 3.03. The molecule has 0 spiro atoms. The summed E-state index contributed by atoms with van der Waals surface area (Å²) in [6.45, 7) is 3.53.